The Morgan fingerprint density at radius 1 is 1.06 bits per heavy atom. The van der Waals surface area contributed by atoms with E-state index in [-0.39, 0.29) is 0 Å². The fourth-order valence-corrected chi connectivity index (χ4v) is 4.59. The number of aryl methyl sites for hydroxylation is 2. The second kappa shape index (κ2) is 9.24. The van der Waals surface area contributed by atoms with Crippen molar-refractivity contribution in [2.45, 2.75) is 19.9 Å². The van der Waals surface area contributed by atoms with Gasteiger partial charge in [-0.2, -0.15) is 5.10 Å². The number of benzene rings is 3. The largest absolute Gasteiger partial charge is 0.494 e. The van der Waals surface area contributed by atoms with Crippen LogP contribution < -0.4 is 10.2 Å². The predicted octanol–water partition coefficient (Wildman–Crippen LogP) is 6.47. The van der Waals surface area contributed by atoms with Crippen LogP contribution in [-0.4, -0.2) is 22.4 Å². The molecule has 0 amide bonds. The number of nitrogens with one attached hydrogen (secondary N) is 1. The minimum Gasteiger partial charge on any atom is -0.494 e. The van der Waals surface area contributed by atoms with E-state index in [9.17, 15) is 0 Å². The maximum Gasteiger partial charge on any atom is 0.204 e. The maximum atomic E-state index is 5.91. The molecule has 5 nitrogen and oxygen atoms in total. The van der Waals surface area contributed by atoms with Crippen LogP contribution in [0.25, 0.3) is 21.1 Å². The molecule has 0 saturated carbocycles. The summed E-state index contributed by atoms with van der Waals surface area (Å²) < 4.78 is 9.33. The van der Waals surface area contributed by atoms with E-state index in [0.717, 1.165) is 39.6 Å². The third-order valence-corrected chi connectivity index (χ3v) is 6.22. The molecule has 0 aliphatic heterocycles. The smallest absolute Gasteiger partial charge is 0.204 e. The number of ether oxygens (including phenoxy) is 1. The molecule has 0 fully saturated rings. The summed E-state index contributed by atoms with van der Waals surface area (Å²) in [6.07, 6.45) is 4.95. The lowest BCUT2D eigenvalue weighted by Crippen LogP contribution is -2.03. The summed E-state index contributed by atoms with van der Waals surface area (Å²) in [5.41, 5.74) is 7.55. The molecule has 0 spiro atoms. The number of nitrogens with zero attached hydrogens (tertiary/aromatic N) is 3. The van der Waals surface area contributed by atoms with E-state index in [0.29, 0.717) is 6.61 Å². The van der Waals surface area contributed by atoms with Crippen LogP contribution in [0.1, 0.15) is 17.5 Å². The number of fused-ring (bicyclic) bond motifs is 2. The van der Waals surface area contributed by atoms with E-state index in [2.05, 4.69) is 75.7 Å². The van der Waals surface area contributed by atoms with E-state index in [1.165, 1.54) is 16.5 Å². The minimum absolute atomic E-state index is 0.679. The third-order valence-electron chi connectivity index (χ3n) is 5.28. The summed E-state index contributed by atoms with van der Waals surface area (Å²) in [6, 6.07) is 24.7. The van der Waals surface area contributed by atoms with E-state index in [1.54, 1.807) is 11.3 Å². The number of anilines is 1. The Balaban J connectivity index is 1.26. The van der Waals surface area contributed by atoms with E-state index < -0.39 is 0 Å². The summed E-state index contributed by atoms with van der Waals surface area (Å²) in [5.74, 6) is 0.927. The van der Waals surface area contributed by atoms with Crippen LogP contribution in [-0.2, 0) is 6.54 Å². The molecule has 3 aromatic carbocycles. The molecule has 0 saturated heterocycles. The van der Waals surface area contributed by atoms with Gasteiger partial charge >= 0.3 is 0 Å². The van der Waals surface area contributed by atoms with Crippen molar-refractivity contribution in [3.63, 3.8) is 0 Å². The molecule has 5 rings (SSSR count). The van der Waals surface area contributed by atoms with Gasteiger partial charge in [0.05, 0.1) is 23.0 Å². The molecule has 0 bridgehead atoms. The van der Waals surface area contributed by atoms with Gasteiger partial charge in [0.1, 0.15) is 5.75 Å². The van der Waals surface area contributed by atoms with Gasteiger partial charge in [-0.05, 0) is 49.2 Å². The zero-order valence-corrected chi connectivity index (χ0v) is 18.7. The number of rotatable bonds is 8. The first-order valence-corrected chi connectivity index (χ1v) is 11.5. The topological polar surface area (TPSA) is 51.4 Å². The lowest BCUT2D eigenvalue weighted by molar-refractivity contribution is 0.302. The first kappa shape index (κ1) is 20.3. The Hall–Kier alpha value is -3.64. The predicted molar refractivity (Wildman–Crippen MR) is 134 cm³/mol. The van der Waals surface area contributed by atoms with Gasteiger partial charge in [-0.25, -0.2) is 4.98 Å². The summed E-state index contributed by atoms with van der Waals surface area (Å²) >= 11 is 1.60. The zero-order chi connectivity index (χ0) is 21.8. The molecule has 0 radical (unpaired) electrons. The summed E-state index contributed by atoms with van der Waals surface area (Å²) in [5, 5.41) is 6.42. The van der Waals surface area contributed by atoms with Crippen molar-refractivity contribution >= 4 is 43.8 Å². The molecule has 0 unspecified atom stereocenters. The second-order valence-corrected chi connectivity index (χ2v) is 8.70. The molecule has 5 aromatic rings. The van der Waals surface area contributed by atoms with E-state index in [1.807, 2.05) is 36.5 Å². The average Bonchev–Trinajstić information content (AvgIpc) is 3.38. The van der Waals surface area contributed by atoms with Gasteiger partial charge in [0.25, 0.3) is 0 Å². The standard InChI is InChI=1S/C26H24N4OS/c1-19-8-6-9-21(16-19)31-15-7-14-30-18-20(22-10-2-4-12-24(22)30)17-27-29-26-28-23-11-3-5-13-25(23)32-26/h2-6,8-13,16-18H,7,14-15H2,1H3,(H,28,29)/b27-17-. The highest BCUT2D eigenvalue weighted by Gasteiger charge is 2.07. The van der Waals surface area contributed by atoms with Crippen LogP contribution in [0.5, 0.6) is 5.75 Å². The highest BCUT2D eigenvalue weighted by molar-refractivity contribution is 7.22. The quantitative estimate of drug-likeness (QED) is 0.171. The number of hydrogen-bond acceptors (Lipinski definition) is 5. The molecular weight excluding hydrogens is 416 g/mol. The second-order valence-electron chi connectivity index (χ2n) is 7.67. The molecule has 1 N–H and O–H groups in total. The minimum atomic E-state index is 0.679. The van der Waals surface area contributed by atoms with Gasteiger partial charge in [0, 0.05) is 29.2 Å². The zero-order valence-electron chi connectivity index (χ0n) is 17.9. The summed E-state index contributed by atoms with van der Waals surface area (Å²) in [6.45, 7) is 3.64. The molecule has 2 heterocycles. The number of hydrazone groups is 1. The monoisotopic (exact) mass is 440 g/mol. The first-order chi connectivity index (χ1) is 15.8. The summed E-state index contributed by atoms with van der Waals surface area (Å²) in [7, 11) is 0. The highest BCUT2D eigenvalue weighted by Crippen LogP contribution is 2.25. The highest BCUT2D eigenvalue weighted by atomic mass is 32.1. The Labute approximate surface area is 191 Å². The molecular formula is C26H24N4OS. The fourth-order valence-electron chi connectivity index (χ4n) is 3.77. The van der Waals surface area contributed by atoms with Gasteiger partial charge in [0.15, 0.2) is 0 Å². The lowest BCUT2D eigenvalue weighted by atomic mass is 10.2. The van der Waals surface area contributed by atoms with Crippen LogP contribution in [0.3, 0.4) is 0 Å². The van der Waals surface area contributed by atoms with Crippen LogP contribution in [0.15, 0.2) is 84.1 Å². The van der Waals surface area contributed by atoms with Gasteiger partial charge in [-0.3, -0.25) is 5.43 Å². The van der Waals surface area contributed by atoms with Crippen molar-refractivity contribution in [2.75, 3.05) is 12.0 Å². The SMILES string of the molecule is Cc1cccc(OCCCn2cc(/C=N\Nc3nc4ccccc4s3)c3ccccc32)c1. The van der Waals surface area contributed by atoms with Crippen molar-refractivity contribution in [1.82, 2.24) is 9.55 Å². The van der Waals surface area contributed by atoms with Crippen LogP contribution >= 0.6 is 11.3 Å². The van der Waals surface area contributed by atoms with Crippen LogP contribution in [0.4, 0.5) is 5.13 Å². The molecule has 160 valence electrons. The molecule has 0 aliphatic carbocycles. The van der Waals surface area contributed by atoms with Crippen molar-refractivity contribution in [1.29, 1.82) is 0 Å². The van der Waals surface area contributed by atoms with Crippen molar-refractivity contribution in [2.24, 2.45) is 5.10 Å². The fraction of sp³-hybridized carbons (Fsp3) is 0.154. The Morgan fingerprint density at radius 2 is 1.94 bits per heavy atom. The molecule has 6 heteroatoms. The molecule has 32 heavy (non-hydrogen) atoms. The van der Waals surface area contributed by atoms with E-state index >= 15 is 0 Å². The number of para-hydroxylation sites is 2. The molecule has 0 atom stereocenters. The molecule has 2 aromatic heterocycles. The van der Waals surface area contributed by atoms with Crippen molar-refractivity contribution in [3.8, 4) is 5.75 Å². The maximum absolute atomic E-state index is 5.91. The van der Waals surface area contributed by atoms with Crippen molar-refractivity contribution in [3.05, 3.63) is 90.1 Å². The van der Waals surface area contributed by atoms with Gasteiger partial charge in [0.2, 0.25) is 5.13 Å². The number of aromatic nitrogens is 2. The average molecular weight is 441 g/mol. The summed E-state index contributed by atoms with van der Waals surface area (Å²) in [4.78, 5) is 4.57. The van der Waals surface area contributed by atoms with Crippen LogP contribution in [0.2, 0.25) is 0 Å². The van der Waals surface area contributed by atoms with E-state index in [4.69, 9.17) is 4.74 Å². The van der Waals surface area contributed by atoms with Crippen molar-refractivity contribution < 1.29 is 4.74 Å². The van der Waals surface area contributed by atoms with Gasteiger partial charge in [-0.15, -0.1) is 0 Å². The van der Waals surface area contributed by atoms with Gasteiger partial charge < -0.3 is 9.30 Å². The number of hydrogen-bond donors (Lipinski definition) is 1. The third kappa shape index (κ3) is 4.50. The van der Waals surface area contributed by atoms with Crippen LogP contribution in [0, 0.1) is 6.92 Å². The first-order valence-electron chi connectivity index (χ1n) is 10.7. The normalized spacial score (nSPS) is 11.5. The lowest BCUT2D eigenvalue weighted by Gasteiger charge is -2.08. The van der Waals surface area contributed by atoms with Gasteiger partial charge in [-0.1, -0.05) is 53.8 Å². The Kier molecular flexibility index (Phi) is 5.85. The Morgan fingerprint density at radius 3 is 2.84 bits per heavy atom. The molecule has 0 aliphatic rings. The Bertz CT molecular complexity index is 1350. The number of thiazole rings is 1.